The highest BCUT2D eigenvalue weighted by molar-refractivity contribution is 7.16. The molecule has 1 aliphatic rings. The van der Waals surface area contributed by atoms with Crippen molar-refractivity contribution in [1.82, 2.24) is 0 Å². The van der Waals surface area contributed by atoms with E-state index in [0.717, 1.165) is 48.5 Å². The second-order valence-electron chi connectivity index (χ2n) is 17.1. The monoisotopic (exact) mass is 1260 g/mol. The molecule has 0 nitrogen and oxygen atoms in total. The van der Waals surface area contributed by atoms with Crippen LogP contribution >= 0.6 is 68.0 Å². The van der Waals surface area contributed by atoms with Crippen molar-refractivity contribution in [3.8, 4) is 0 Å². The molecule has 0 radical (unpaired) electrons. The van der Waals surface area contributed by atoms with E-state index < -0.39 is 161 Å². The molecule has 12 bridgehead atoms. The molecule has 11 rings (SSSR count). The van der Waals surface area contributed by atoms with Crippen molar-refractivity contribution < 1.29 is 87.8 Å². The van der Waals surface area contributed by atoms with Gasteiger partial charge >= 0.3 is 0 Å². The van der Waals surface area contributed by atoms with Crippen LogP contribution in [-0.4, -0.2) is 0 Å². The molecule has 0 amide bonds. The fourth-order valence-corrected chi connectivity index (χ4v) is 15.1. The molecule has 0 atom stereocenters. The maximum absolute atomic E-state index is 16.0. The molecule has 82 heavy (non-hydrogen) atoms. The van der Waals surface area contributed by atoms with E-state index in [1.165, 1.54) is 48.6 Å². The lowest BCUT2D eigenvalue weighted by molar-refractivity contribution is 0.376. The van der Waals surface area contributed by atoms with Gasteiger partial charge in [0.15, 0.2) is 93.1 Å². The van der Waals surface area contributed by atoms with E-state index >= 15 is 70.2 Å². The van der Waals surface area contributed by atoms with E-state index in [2.05, 4.69) is 0 Å². The lowest BCUT2D eigenvalue weighted by Crippen LogP contribution is -2.13. The summed E-state index contributed by atoms with van der Waals surface area (Å²) in [6.45, 7) is 0. The maximum Gasteiger partial charge on any atom is 0.200 e. The van der Waals surface area contributed by atoms with Gasteiger partial charge in [0.1, 0.15) is 0 Å². The zero-order chi connectivity index (χ0) is 58.7. The summed E-state index contributed by atoms with van der Waals surface area (Å²) in [7, 11) is 0. The van der Waals surface area contributed by atoms with E-state index in [1.807, 2.05) is 0 Å². The minimum absolute atomic E-state index is 0.122. The minimum Gasteiger partial charge on any atom is -0.203 e. The zero-order valence-corrected chi connectivity index (χ0v) is 44.1. The van der Waals surface area contributed by atoms with Gasteiger partial charge in [-0.15, -0.1) is 68.0 Å². The third kappa shape index (κ3) is 9.26. The molecule has 0 spiro atoms. The lowest BCUT2D eigenvalue weighted by Gasteiger charge is -2.11. The van der Waals surface area contributed by atoms with Gasteiger partial charge in [-0.25, -0.2) is 87.8 Å². The fourth-order valence-electron chi connectivity index (χ4n) is 8.62. The van der Waals surface area contributed by atoms with E-state index in [4.69, 9.17) is 0 Å². The van der Waals surface area contributed by atoms with Crippen LogP contribution < -0.4 is 18.1 Å². The van der Waals surface area contributed by atoms with Gasteiger partial charge in [-0.2, -0.15) is 0 Å². The summed E-state index contributed by atoms with van der Waals surface area (Å²) in [6, 6.07) is 13.8. The Labute approximate surface area is 468 Å². The molecule has 0 saturated heterocycles. The van der Waals surface area contributed by atoms with Gasteiger partial charge in [-0.1, -0.05) is 0 Å². The third-order valence-corrected chi connectivity index (χ3v) is 18.9. The number of thiophene rings is 6. The number of fused-ring (bicyclic) bond motifs is 12. The Hall–Kier alpha value is -7.36. The number of benzene rings is 4. The molecule has 26 heteroatoms. The molecular formula is C56H16F20S6. The standard InChI is InChI=1S/C56H16F20S6/c57-37-33(38(58)46(66)53(73)45(37)65)29-21-9-5-17(77-21)1-2-18-6-10-22(78-18)30(34-39(59)47(67)54(74)48(68)40(34)60)26-15-16-28(82-26)32(36-43(63)51(71)56(76)52(72)44(36)64)24-12-8-20(80-24)4-3-19-7-11-23(79-19)31(27-14-13-25(29)81-27)35-41(61)49(69)55(75)50(70)42(35)62/h1-16H/b2-1+,4-3+,17-1?,18-2?,19-3?,20-4?,29-21?,29-25+,30-22?,30-26+,31-23?,31-27+,32-24?,32-28+. The van der Waals surface area contributed by atoms with Gasteiger partial charge in [0.25, 0.3) is 0 Å². The SMILES string of the molecule is Fc1c(F)c(F)c(/C2=c3\cc/c(s3)=C(\c3c(F)c(F)c(F)c(F)c3F)c3ccc(s3)/C=C/c3ccc(s3)/C(c3c(F)c(F)c(F)c(F)c3F)=c3/cc/c(s3)=C(\c3c(F)c(F)c(F)c(F)c3F)c3ccc(s3)/C=C/c3ccc2s3)c(F)c1F. The van der Waals surface area contributed by atoms with Crippen LogP contribution in [-0.2, 0) is 0 Å². The Balaban J connectivity index is 1.23. The first-order valence-corrected chi connectivity index (χ1v) is 27.4. The second kappa shape index (κ2) is 21.4. The van der Waals surface area contributed by atoms with Crippen LogP contribution in [0.5, 0.6) is 0 Å². The van der Waals surface area contributed by atoms with E-state index in [-0.39, 0.29) is 57.1 Å². The molecule has 10 aromatic rings. The van der Waals surface area contributed by atoms with Gasteiger partial charge < -0.3 is 0 Å². The van der Waals surface area contributed by atoms with Crippen molar-refractivity contribution in [1.29, 1.82) is 0 Å². The number of hydrogen-bond acceptors (Lipinski definition) is 6. The van der Waals surface area contributed by atoms with Gasteiger partial charge in [-0.3, -0.25) is 0 Å². The molecule has 1 aliphatic heterocycles. The molecule has 7 heterocycles. The lowest BCUT2D eigenvalue weighted by atomic mass is 10.0. The van der Waals surface area contributed by atoms with Crippen molar-refractivity contribution in [3.63, 3.8) is 0 Å². The van der Waals surface area contributed by atoms with Crippen molar-refractivity contribution in [2.45, 2.75) is 0 Å². The average molecular weight is 1260 g/mol. The second-order valence-corrected chi connectivity index (χ2v) is 23.7. The Morgan fingerprint density at radius 1 is 0.171 bits per heavy atom. The smallest absolute Gasteiger partial charge is 0.200 e. The summed E-state index contributed by atoms with van der Waals surface area (Å²) >= 11 is 3.28. The average Bonchev–Trinajstić information content (AvgIpc) is 4.04. The van der Waals surface area contributed by atoms with Gasteiger partial charge in [0.2, 0.25) is 23.3 Å². The summed E-state index contributed by atoms with van der Waals surface area (Å²) in [6.07, 6.45) is 5.18. The Kier molecular flexibility index (Phi) is 14.8. The van der Waals surface area contributed by atoms with Crippen molar-refractivity contribution in [3.05, 3.63) is 269 Å². The highest BCUT2D eigenvalue weighted by Gasteiger charge is 2.34. The zero-order valence-electron chi connectivity index (χ0n) is 39.2. The normalized spacial score (nSPS) is 16.3. The predicted molar refractivity (Wildman–Crippen MR) is 274 cm³/mol. The Morgan fingerprint density at radius 2 is 0.329 bits per heavy atom. The van der Waals surface area contributed by atoms with Crippen LogP contribution in [0.4, 0.5) is 87.8 Å². The van der Waals surface area contributed by atoms with E-state index in [1.54, 1.807) is 0 Å². The molecule has 0 aliphatic carbocycles. The first-order chi connectivity index (χ1) is 39.0. The minimum atomic E-state index is -2.54. The quantitative estimate of drug-likeness (QED) is 0.0936. The summed E-state index contributed by atoms with van der Waals surface area (Å²) < 4.78 is 305. The topological polar surface area (TPSA) is 0 Å². The van der Waals surface area contributed by atoms with Gasteiger partial charge in [0, 0.05) is 79.4 Å². The fraction of sp³-hybridized carbons (Fsp3) is 0. The number of halogens is 20. The molecule has 0 N–H and O–H groups in total. The molecular weight excluding hydrogens is 1240 g/mol. The third-order valence-electron chi connectivity index (χ3n) is 12.4. The van der Waals surface area contributed by atoms with Crippen molar-refractivity contribution in [2.24, 2.45) is 0 Å². The van der Waals surface area contributed by atoms with Crippen LogP contribution in [0, 0.1) is 116 Å². The predicted octanol–water partition coefficient (Wildman–Crippen LogP) is 16.5. The summed E-state index contributed by atoms with van der Waals surface area (Å²) in [5.74, 6) is -47.9. The highest BCUT2D eigenvalue weighted by atomic mass is 32.1. The maximum atomic E-state index is 16.0. The largest absolute Gasteiger partial charge is 0.203 e. The Bertz CT molecular complexity index is 4020. The molecule has 4 aromatic carbocycles. The first-order valence-electron chi connectivity index (χ1n) is 22.5. The van der Waals surface area contributed by atoms with Crippen LogP contribution in [0.15, 0.2) is 72.8 Å². The van der Waals surface area contributed by atoms with Gasteiger partial charge in [0.05, 0.1) is 22.3 Å². The summed E-state index contributed by atoms with van der Waals surface area (Å²) in [5.41, 5.74) is -8.85. The number of rotatable bonds is 4. The van der Waals surface area contributed by atoms with Crippen LogP contribution in [0.25, 0.3) is 46.6 Å². The van der Waals surface area contributed by atoms with Crippen LogP contribution in [0.3, 0.4) is 0 Å². The van der Waals surface area contributed by atoms with E-state index in [9.17, 15) is 17.6 Å². The molecule has 6 aromatic heterocycles. The molecule has 0 fully saturated rings. The Morgan fingerprint density at radius 3 is 0.500 bits per heavy atom. The molecule has 0 saturated carbocycles. The highest BCUT2D eigenvalue weighted by Crippen LogP contribution is 2.41. The molecule has 416 valence electrons. The van der Waals surface area contributed by atoms with E-state index in [0.29, 0.717) is 68.0 Å². The van der Waals surface area contributed by atoms with Crippen molar-refractivity contribution >= 4 is 115 Å². The van der Waals surface area contributed by atoms with Gasteiger partial charge in [-0.05, 0) is 97.1 Å². The van der Waals surface area contributed by atoms with Crippen molar-refractivity contribution in [2.75, 3.05) is 0 Å². The summed E-state index contributed by atoms with van der Waals surface area (Å²) in [5, 5.41) is 0. The molecule has 0 unspecified atom stereocenters. The summed E-state index contributed by atoms with van der Waals surface area (Å²) in [4.78, 5) is -0.510. The van der Waals surface area contributed by atoms with Crippen LogP contribution in [0.2, 0.25) is 0 Å². The van der Waals surface area contributed by atoms with Crippen LogP contribution in [0.1, 0.15) is 61.3 Å². The first kappa shape index (κ1) is 56.5. The number of hydrogen-bond donors (Lipinski definition) is 0.